The first-order valence-corrected chi connectivity index (χ1v) is 10.0. The molecule has 0 radical (unpaired) electrons. The Bertz CT molecular complexity index is 950. The molecule has 1 heterocycles. The molecule has 1 amide bonds. The van der Waals surface area contributed by atoms with E-state index in [1.165, 1.54) is 24.3 Å². The number of esters is 1. The van der Waals surface area contributed by atoms with Crippen LogP contribution < -0.4 is 10.4 Å². The summed E-state index contributed by atoms with van der Waals surface area (Å²) in [6, 6.07) is 5.62. The molecule has 2 atom stereocenters. The van der Waals surface area contributed by atoms with E-state index in [1.54, 1.807) is 24.5 Å². The van der Waals surface area contributed by atoms with Crippen molar-refractivity contribution in [2.45, 2.75) is 19.8 Å². The van der Waals surface area contributed by atoms with Crippen LogP contribution in [0.4, 0.5) is 9.39 Å². The Morgan fingerprint density at radius 1 is 1.17 bits per heavy atom. The van der Waals surface area contributed by atoms with E-state index in [1.807, 2.05) is 0 Å². The van der Waals surface area contributed by atoms with Crippen molar-refractivity contribution in [2.24, 2.45) is 11.8 Å². The van der Waals surface area contributed by atoms with E-state index in [2.05, 4.69) is 5.32 Å². The number of anilines is 1. The normalized spacial score (nSPS) is 18.3. The minimum Gasteiger partial charge on any atom is -0.550 e. The van der Waals surface area contributed by atoms with Crippen molar-refractivity contribution in [3.63, 3.8) is 0 Å². The van der Waals surface area contributed by atoms with Crippen LogP contribution in [0.25, 0.3) is 11.1 Å². The van der Waals surface area contributed by atoms with E-state index >= 15 is 0 Å². The number of halogens is 1. The number of ether oxygens (including phenoxy) is 1. The highest BCUT2D eigenvalue weighted by Gasteiger charge is 2.31. The average molecular weight is 416 g/mol. The number of carbonyl (C=O) groups is 3. The molecular formula is C21H19FNO5S-. The minimum absolute atomic E-state index is 0.144. The molecule has 6 nitrogen and oxygen atoms in total. The van der Waals surface area contributed by atoms with Crippen LogP contribution in [0.3, 0.4) is 0 Å². The Morgan fingerprint density at radius 2 is 1.83 bits per heavy atom. The Morgan fingerprint density at radius 3 is 2.45 bits per heavy atom. The molecule has 1 aliphatic carbocycles. The number of carboxylic acids is 1. The standard InChI is InChI=1S/C21H20FNO5S/c1-2-28-21(27)17-16(12-7-9-13(22)10-8-12)11-29-19(17)23-18(24)14-5-3-4-6-15(14)20(25)26/h3-4,7-11,14-15H,2,5-6H2,1H3,(H,23,24)(H,25,26)/p-1/t14-,15-/m0/s1. The number of hydrogen-bond donors (Lipinski definition) is 1. The molecule has 1 aliphatic rings. The van der Waals surface area contributed by atoms with Gasteiger partial charge in [0.25, 0.3) is 0 Å². The minimum atomic E-state index is -1.28. The molecule has 8 heteroatoms. The summed E-state index contributed by atoms with van der Waals surface area (Å²) in [6.45, 7) is 1.81. The first-order valence-electron chi connectivity index (χ1n) is 9.13. The summed E-state index contributed by atoms with van der Waals surface area (Å²) in [5.41, 5.74) is 1.26. The third-order valence-corrected chi connectivity index (χ3v) is 5.63. The maximum Gasteiger partial charge on any atom is 0.341 e. The fourth-order valence-corrected chi connectivity index (χ4v) is 4.23. The number of nitrogens with one attached hydrogen (secondary N) is 1. The van der Waals surface area contributed by atoms with Crippen molar-refractivity contribution in [1.82, 2.24) is 0 Å². The summed E-state index contributed by atoms with van der Waals surface area (Å²) in [6.07, 6.45) is 3.96. The van der Waals surface area contributed by atoms with Gasteiger partial charge in [0.15, 0.2) is 0 Å². The fourth-order valence-electron chi connectivity index (χ4n) is 3.27. The number of rotatable bonds is 6. The number of carboxylic acid groups (broad SMARTS) is 1. The van der Waals surface area contributed by atoms with Gasteiger partial charge in [-0.15, -0.1) is 11.3 Å². The topological polar surface area (TPSA) is 95.5 Å². The van der Waals surface area contributed by atoms with E-state index in [0.717, 1.165) is 11.3 Å². The van der Waals surface area contributed by atoms with Gasteiger partial charge in [-0.2, -0.15) is 0 Å². The van der Waals surface area contributed by atoms with Crippen LogP contribution in [0.15, 0.2) is 41.8 Å². The van der Waals surface area contributed by atoms with Crippen LogP contribution in [-0.4, -0.2) is 24.5 Å². The monoisotopic (exact) mass is 416 g/mol. The molecule has 0 spiro atoms. The Balaban J connectivity index is 1.93. The van der Waals surface area contributed by atoms with Gasteiger partial charge < -0.3 is 20.0 Å². The summed E-state index contributed by atoms with van der Waals surface area (Å²) in [5, 5.41) is 16.0. The molecule has 1 aromatic heterocycles. The molecule has 152 valence electrons. The zero-order chi connectivity index (χ0) is 21.0. The van der Waals surface area contributed by atoms with Crippen molar-refractivity contribution >= 4 is 34.2 Å². The van der Waals surface area contributed by atoms with Gasteiger partial charge in [-0.3, -0.25) is 4.79 Å². The Labute approximate surface area is 171 Å². The van der Waals surface area contributed by atoms with E-state index in [-0.39, 0.29) is 30.0 Å². The number of hydrogen-bond acceptors (Lipinski definition) is 6. The van der Waals surface area contributed by atoms with Crippen LogP contribution >= 0.6 is 11.3 Å². The van der Waals surface area contributed by atoms with Crippen LogP contribution in [0.1, 0.15) is 30.1 Å². The molecule has 0 bridgehead atoms. The molecule has 0 aliphatic heterocycles. The van der Waals surface area contributed by atoms with Crippen LogP contribution in [-0.2, 0) is 14.3 Å². The summed E-state index contributed by atoms with van der Waals surface area (Å²) < 4.78 is 18.4. The second-order valence-corrected chi connectivity index (χ2v) is 7.42. The highest BCUT2D eigenvalue weighted by molar-refractivity contribution is 7.15. The van der Waals surface area contributed by atoms with Crippen LogP contribution in [0.2, 0.25) is 0 Å². The summed E-state index contributed by atoms with van der Waals surface area (Å²) in [4.78, 5) is 36.7. The average Bonchev–Trinajstić information content (AvgIpc) is 3.12. The molecule has 0 saturated heterocycles. The first kappa shape index (κ1) is 20.7. The lowest BCUT2D eigenvalue weighted by atomic mass is 9.82. The van der Waals surface area contributed by atoms with Crippen LogP contribution in [0, 0.1) is 17.7 Å². The van der Waals surface area contributed by atoms with Gasteiger partial charge in [0.1, 0.15) is 16.4 Å². The number of amides is 1. The summed E-state index contributed by atoms with van der Waals surface area (Å²) in [7, 11) is 0. The third-order valence-electron chi connectivity index (χ3n) is 4.73. The predicted molar refractivity (Wildman–Crippen MR) is 105 cm³/mol. The maximum absolute atomic E-state index is 13.3. The van der Waals surface area contributed by atoms with Gasteiger partial charge in [-0.1, -0.05) is 24.3 Å². The van der Waals surface area contributed by atoms with Crippen LogP contribution in [0.5, 0.6) is 0 Å². The van der Waals surface area contributed by atoms with Crippen molar-refractivity contribution < 1.29 is 28.6 Å². The van der Waals surface area contributed by atoms with E-state index in [9.17, 15) is 23.9 Å². The van der Waals surface area contributed by atoms with E-state index in [4.69, 9.17) is 4.74 Å². The molecular weight excluding hydrogens is 397 g/mol. The zero-order valence-corrected chi connectivity index (χ0v) is 16.5. The van der Waals surface area contributed by atoms with Crippen molar-refractivity contribution in [3.8, 4) is 11.1 Å². The molecule has 0 fully saturated rings. The smallest absolute Gasteiger partial charge is 0.341 e. The van der Waals surface area contributed by atoms with Crippen molar-refractivity contribution in [1.29, 1.82) is 0 Å². The molecule has 3 rings (SSSR count). The second kappa shape index (κ2) is 9.00. The highest BCUT2D eigenvalue weighted by Crippen LogP contribution is 2.37. The molecule has 0 saturated carbocycles. The van der Waals surface area contributed by atoms with Gasteiger partial charge in [0.2, 0.25) is 5.91 Å². The van der Waals surface area contributed by atoms with Gasteiger partial charge >= 0.3 is 5.97 Å². The van der Waals surface area contributed by atoms with E-state index < -0.39 is 35.5 Å². The molecule has 2 aromatic rings. The predicted octanol–water partition coefficient (Wildman–Crippen LogP) is 3.00. The van der Waals surface area contributed by atoms with E-state index in [0.29, 0.717) is 11.1 Å². The lowest BCUT2D eigenvalue weighted by Gasteiger charge is -2.28. The summed E-state index contributed by atoms with van der Waals surface area (Å²) >= 11 is 1.12. The zero-order valence-electron chi connectivity index (χ0n) is 15.6. The number of thiophene rings is 1. The second-order valence-electron chi connectivity index (χ2n) is 6.54. The molecule has 1 N–H and O–H groups in total. The fraction of sp³-hybridized carbons (Fsp3) is 0.286. The number of aliphatic carboxylic acids is 1. The number of benzene rings is 1. The molecule has 0 unspecified atom stereocenters. The van der Waals surface area contributed by atoms with Crippen molar-refractivity contribution in [3.05, 3.63) is 53.2 Å². The molecule has 1 aromatic carbocycles. The third kappa shape index (κ3) is 4.54. The Hall–Kier alpha value is -3.00. The highest BCUT2D eigenvalue weighted by atomic mass is 32.1. The van der Waals surface area contributed by atoms with Gasteiger partial charge in [0.05, 0.1) is 12.5 Å². The largest absolute Gasteiger partial charge is 0.550 e. The van der Waals surface area contributed by atoms with Crippen molar-refractivity contribution in [2.75, 3.05) is 11.9 Å². The first-order chi connectivity index (χ1) is 13.9. The quantitative estimate of drug-likeness (QED) is 0.577. The lowest BCUT2D eigenvalue weighted by molar-refractivity contribution is -0.313. The maximum atomic E-state index is 13.3. The van der Waals surface area contributed by atoms with Gasteiger partial charge in [-0.25, -0.2) is 9.18 Å². The lowest BCUT2D eigenvalue weighted by Crippen LogP contribution is -2.41. The SMILES string of the molecule is CCOC(=O)c1c(-c2ccc(F)cc2)csc1NC(=O)[C@H]1CC=CC[C@@H]1C(=O)[O-]. The number of allylic oxidation sites excluding steroid dienone is 2. The number of carbonyl (C=O) groups excluding carboxylic acids is 3. The molecule has 29 heavy (non-hydrogen) atoms. The van der Waals surface area contributed by atoms with Gasteiger partial charge in [0, 0.05) is 22.8 Å². The van der Waals surface area contributed by atoms with Gasteiger partial charge in [-0.05, 0) is 37.5 Å². The summed E-state index contributed by atoms with van der Waals surface area (Å²) in [5.74, 6) is -4.53. The Kier molecular flexibility index (Phi) is 6.43.